The van der Waals surface area contributed by atoms with Crippen LogP contribution >= 0.6 is 24.8 Å². The normalized spacial score (nSPS) is 9.50. The van der Waals surface area contributed by atoms with Gasteiger partial charge >= 0.3 is 5.97 Å². The summed E-state index contributed by atoms with van der Waals surface area (Å²) in [6.45, 7) is 0.242. The van der Waals surface area contributed by atoms with Crippen molar-refractivity contribution in [2.45, 2.75) is 12.5 Å². The van der Waals surface area contributed by atoms with Crippen LogP contribution in [-0.2, 0) is 4.79 Å². The summed E-state index contributed by atoms with van der Waals surface area (Å²) < 4.78 is 0. The monoisotopic (exact) mass is 214 g/mol. The Morgan fingerprint density at radius 1 is 1.42 bits per heavy atom. The van der Waals surface area contributed by atoms with Crippen LogP contribution in [0.4, 0.5) is 0 Å². The number of hydrogen-bond donors (Lipinski definition) is 3. The smallest absolute Gasteiger partial charge is 0.321 e. The number of carbonyl (C=O) groups is 1. The van der Waals surface area contributed by atoms with Crippen LogP contribution in [0.15, 0.2) is 0 Å². The van der Waals surface area contributed by atoms with E-state index in [1.165, 1.54) is 0 Å². The molecule has 0 bridgehead atoms. The molecular formula is C6H12Cl2N2O2. The first-order valence-corrected chi connectivity index (χ1v) is 2.82. The Labute approximate surface area is 83.5 Å². The van der Waals surface area contributed by atoms with Gasteiger partial charge in [0.1, 0.15) is 6.04 Å². The fraction of sp³-hybridized carbons (Fsp3) is 0.500. The van der Waals surface area contributed by atoms with Gasteiger partial charge in [0.2, 0.25) is 0 Å². The fourth-order valence-corrected chi connectivity index (χ4v) is 0.342. The van der Waals surface area contributed by atoms with E-state index in [0.717, 1.165) is 0 Å². The SMILES string of the molecule is Cl.Cl.NCC#CCC(N)C(=O)O. The van der Waals surface area contributed by atoms with Gasteiger partial charge in [-0.15, -0.1) is 24.8 Å². The molecule has 0 amide bonds. The lowest BCUT2D eigenvalue weighted by Crippen LogP contribution is -2.29. The van der Waals surface area contributed by atoms with Gasteiger partial charge in [0.25, 0.3) is 0 Å². The number of halogens is 2. The lowest BCUT2D eigenvalue weighted by Gasteiger charge is -1.97. The zero-order valence-corrected chi connectivity index (χ0v) is 7.95. The molecule has 5 N–H and O–H groups in total. The van der Waals surface area contributed by atoms with Crippen molar-refractivity contribution in [2.75, 3.05) is 6.54 Å². The minimum absolute atomic E-state index is 0. The highest BCUT2D eigenvalue weighted by Gasteiger charge is 2.07. The van der Waals surface area contributed by atoms with Gasteiger partial charge in [-0.2, -0.15) is 0 Å². The summed E-state index contributed by atoms with van der Waals surface area (Å²) in [5, 5.41) is 8.26. The van der Waals surface area contributed by atoms with E-state index in [4.69, 9.17) is 16.6 Å². The molecule has 12 heavy (non-hydrogen) atoms. The quantitative estimate of drug-likeness (QED) is 0.546. The minimum Gasteiger partial charge on any atom is -0.480 e. The van der Waals surface area contributed by atoms with Gasteiger partial charge in [-0.25, -0.2) is 0 Å². The molecular weight excluding hydrogens is 203 g/mol. The van der Waals surface area contributed by atoms with Crippen molar-refractivity contribution in [3.8, 4) is 11.8 Å². The lowest BCUT2D eigenvalue weighted by atomic mass is 10.2. The Hall–Kier alpha value is -0.470. The maximum Gasteiger partial charge on any atom is 0.321 e. The van der Waals surface area contributed by atoms with Crippen LogP contribution in [0.5, 0.6) is 0 Å². The molecule has 6 heteroatoms. The van der Waals surface area contributed by atoms with E-state index in [1.807, 2.05) is 0 Å². The van der Waals surface area contributed by atoms with Crippen molar-refractivity contribution in [1.82, 2.24) is 0 Å². The molecule has 0 aliphatic carbocycles. The zero-order valence-electron chi connectivity index (χ0n) is 6.32. The molecule has 72 valence electrons. The second-order valence-electron chi connectivity index (χ2n) is 1.71. The van der Waals surface area contributed by atoms with E-state index in [9.17, 15) is 4.79 Å². The average Bonchev–Trinajstić information content (AvgIpc) is 1.88. The maximum atomic E-state index is 10.1. The standard InChI is InChI=1S/C6H10N2O2.2ClH/c7-4-2-1-3-5(8)6(9)10;;/h5H,3-4,7-8H2,(H,9,10);2*1H. The first kappa shape index (κ1) is 17.6. The molecule has 1 atom stereocenters. The summed E-state index contributed by atoms with van der Waals surface area (Å²) in [5.41, 5.74) is 10.1. The fourth-order valence-electron chi connectivity index (χ4n) is 0.342. The molecule has 0 heterocycles. The van der Waals surface area contributed by atoms with E-state index in [2.05, 4.69) is 11.8 Å². The summed E-state index contributed by atoms with van der Waals surface area (Å²) in [7, 11) is 0. The highest BCUT2D eigenvalue weighted by atomic mass is 35.5. The van der Waals surface area contributed by atoms with Gasteiger partial charge in [0, 0.05) is 6.42 Å². The van der Waals surface area contributed by atoms with Crippen molar-refractivity contribution in [3.63, 3.8) is 0 Å². The van der Waals surface area contributed by atoms with E-state index < -0.39 is 12.0 Å². The van der Waals surface area contributed by atoms with Crippen LogP contribution in [0.25, 0.3) is 0 Å². The minimum atomic E-state index is -1.04. The summed E-state index contributed by atoms with van der Waals surface area (Å²) in [5.74, 6) is 4.02. The largest absolute Gasteiger partial charge is 0.480 e. The zero-order chi connectivity index (χ0) is 7.98. The van der Waals surface area contributed by atoms with Crippen molar-refractivity contribution in [1.29, 1.82) is 0 Å². The van der Waals surface area contributed by atoms with E-state index >= 15 is 0 Å². The average molecular weight is 215 g/mol. The van der Waals surface area contributed by atoms with Gasteiger partial charge in [-0.1, -0.05) is 11.8 Å². The van der Waals surface area contributed by atoms with Crippen LogP contribution in [-0.4, -0.2) is 23.7 Å². The molecule has 0 rings (SSSR count). The highest BCUT2D eigenvalue weighted by molar-refractivity contribution is 5.85. The van der Waals surface area contributed by atoms with Gasteiger partial charge in [0.05, 0.1) is 6.54 Å². The molecule has 0 saturated carbocycles. The van der Waals surface area contributed by atoms with Crippen molar-refractivity contribution >= 4 is 30.8 Å². The topological polar surface area (TPSA) is 89.3 Å². The molecule has 4 nitrogen and oxygen atoms in total. The predicted octanol–water partition coefficient (Wildman–Crippen LogP) is -0.406. The third kappa shape index (κ3) is 9.53. The van der Waals surface area contributed by atoms with Gasteiger partial charge < -0.3 is 16.6 Å². The molecule has 0 spiro atoms. The van der Waals surface area contributed by atoms with Crippen LogP contribution < -0.4 is 11.5 Å². The van der Waals surface area contributed by atoms with E-state index in [1.54, 1.807) is 0 Å². The lowest BCUT2D eigenvalue weighted by molar-refractivity contribution is -0.138. The van der Waals surface area contributed by atoms with Crippen LogP contribution in [0.1, 0.15) is 6.42 Å². The second-order valence-corrected chi connectivity index (χ2v) is 1.71. The van der Waals surface area contributed by atoms with Gasteiger partial charge in [-0.3, -0.25) is 4.79 Å². The Morgan fingerprint density at radius 2 is 1.92 bits per heavy atom. The number of hydrogen-bond acceptors (Lipinski definition) is 3. The third-order valence-corrected chi connectivity index (χ3v) is 0.866. The first-order chi connectivity index (χ1) is 4.68. The Balaban J connectivity index is -0.000000405. The number of carboxylic acids is 1. The van der Waals surface area contributed by atoms with Crippen LogP contribution in [0.2, 0.25) is 0 Å². The van der Waals surface area contributed by atoms with Crippen LogP contribution in [0.3, 0.4) is 0 Å². The van der Waals surface area contributed by atoms with E-state index in [-0.39, 0.29) is 37.8 Å². The van der Waals surface area contributed by atoms with Gasteiger partial charge in [-0.05, 0) is 0 Å². The molecule has 0 aliphatic heterocycles. The third-order valence-electron chi connectivity index (χ3n) is 0.866. The number of rotatable bonds is 2. The molecule has 0 aromatic rings. The second kappa shape index (κ2) is 10.5. The van der Waals surface area contributed by atoms with Crippen molar-refractivity contribution < 1.29 is 9.90 Å². The van der Waals surface area contributed by atoms with Crippen molar-refractivity contribution in [2.24, 2.45) is 11.5 Å². The molecule has 0 radical (unpaired) electrons. The summed E-state index contributed by atoms with van der Waals surface area (Å²) >= 11 is 0. The Bertz CT molecular complexity index is 176. The van der Waals surface area contributed by atoms with Crippen LogP contribution in [0, 0.1) is 11.8 Å². The summed E-state index contributed by atoms with van der Waals surface area (Å²) in [6, 6.07) is -0.890. The predicted molar refractivity (Wildman–Crippen MR) is 51.6 cm³/mol. The first-order valence-electron chi connectivity index (χ1n) is 2.82. The molecule has 0 fully saturated rings. The molecule has 0 saturated heterocycles. The summed E-state index contributed by atoms with van der Waals surface area (Å²) in [6.07, 6.45) is 0.159. The number of carboxylic acid groups (broad SMARTS) is 1. The Kier molecular flexibility index (Phi) is 15.4. The highest BCUT2D eigenvalue weighted by Crippen LogP contribution is 1.83. The molecule has 1 unspecified atom stereocenters. The molecule has 0 aliphatic rings. The van der Waals surface area contributed by atoms with Crippen molar-refractivity contribution in [3.05, 3.63) is 0 Å². The Morgan fingerprint density at radius 3 is 2.25 bits per heavy atom. The molecule has 0 aromatic heterocycles. The molecule has 0 aromatic carbocycles. The number of aliphatic carboxylic acids is 1. The summed E-state index contributed by atoms with van der Waals surface area (Å²) in [4.78, 5) is 10.1. The van der Waals surface area contributed by atoms with Gasteiger partial charge in [0.15, 0.2) is 0 Å². The van der Waals surface area contributed by atoms with E-state index in [0.29, 0.717) is 0 Å². The number of nitrogens with two attached hydrogens (primary N) is 2. The maximum absolute atomic E-state index is 10.1.